The Morgan fingerprint density at radius 3 is 2.48 bits per heavy atom. The number of benzene rings is 1. The number of rotatable bonds is 5. The summed E-state index contributed by atoms with van der Waals surface area (Å²) in [6, 6.07) is 7.17. The van der Waals surface area contributed by atoms with Gasteiger partial charge in [0.25, 0.3) is 0 Å². The Morgan fingerprint density at radius 2 is 1.95 bits per heavy atom. The first kappa shape index (κ1) is 16.4. The fourth-order valence-electron chi connectivity index (χ4n) is 3.23. The molecular weight excluding hydrogens is 263 g/mol. The Hall–Kier alpha value is -0.930. The summed E-state index contributed by atoms with van der Waals surface area (Å²) in [7, 11) is 1.98. The zero-order chi connectivity index (χ0) is 15.5. The monoisotopic (exact) mass is 292 g/mol. The van der Waals surface area contributed by atoms with Crippen LogP contribution in [0, 0.1) is 17.2 Å². The van der Waals surface area contributed by atoms with Crippen molar-refractivity contribution in [2.75, 3.05) is 26.7 Å². The zero-order valence-electron chi connectivity index (χ0n) is 13.8. The van der Waals surface area contributed by atoms with Gasteiger partial charge >= 0.3 is 0 Å². The Bertz CT molecular complexity index is 436. The van der Waals surface area contributed by atoms with Gasteiger partial charge in [0, 0.05) is 12.6 Å². The smallest absolute Gasteiger partial charge is 0.123 e. The van der Waals surface area contributed by atoms with Gasteiger partial charge in [-0.3, -0.25) is 0 Å². The van der Waals surface area contributed by atoms with E-state index in [0.717, 1.165) is 18.9 Å². The summed E-state index contributed by atoms with van der Waals surface area (Å²) >= 11 is 0. The van der Waals surface area contributed by atoms with Gasteiger partial charge in [-0.2, -0.15) is 0 Å². The lowest BCUT2D eigenvalue weighted by Gasteiger charge is -2.27. The predicted molar refractivity (Wildman–Crippen MR) is 86.8 cm³/mol. The van der Waals surface area contributed by atoms with E-state index in [1.807, 2.05) is 19.2 Å². The summed E-state index contributed by atoms with van der Waals surface area (Å²) in [5.41, 5.74) is 1.58. The van der Waals surface area contributed by atoms with E-state index in [0.29, 0.717) is 11.5 Å². The highest BCUT2D eigenvalue weighted by molar-refractivity contribution is 5.19. The predicted octanol–water partition coefficient (Wildman–Crippen LogP) is 3.84. The van der Waals surface area contributed by atoms with E-state index in [1.54, 1.807) is 12.1 Å². The summed E-state index contributed by atoms with van der Waals surface area (Å²) in [4.78, 5) is 2.57. The molecule has 0 spiro atoms. The van der Waals surface area contributed by atoms with E-state index in [9.17, 15) is 4.39 Å². The van der Waals surface area contributed by atoms with Gasteiger partial charge < -0.3 is 10.2 Å². The normalized spacial score (nSPS) is 21.7. The minimum atomic E-state index is -0.166. The number of hydrogen-bond donors (Lipinski definition) is 1. The molecule has 0 aromatic heterocycles. The van der Waals surface area contributed by atoms with Gasteiger partial charge in [-0.15, -0.1) is 0 Å². The average Bonchev–Trinajstić information content (AvgIpc) is 2.90. The van der Waals surface area contributed by atoms with Crippen LogP contribution in [0.3, 0.4) is 0 Å². The molecule has 2 rings (SSSR count). The Balaban J connectivity index is 1.85. The van der Waals surface area contributed by atoms with Crippen LogP contribution in [0.15, 0.2) is 24.3 Å². The van der Waals surface area contributed by atoms with Crippen molar-refractivity contribution in [1.82, 2.24) is 10.2 Å². The molecule has 1 aliphatic heterocycles. The summed E-state index contributed by atoms with van der Waals surface area (Å²) in [6.45, 7) is 10.6. The molecule has 1 N–H and O–H groups in total. The third-order valence-electron chi connectivity index (χ3n) is 4.85. The maximum Gasteiger partial charge on any atom is 0.123 e. The first-order valence-corrected chi connectivity index (χ1v) is 8.05. The number of likely N-dealkylation sites (tertiary alicyclic amines) is 1. The van der Waals surface area contributed by atoms with Crippen molar-refractivity contribution < 1.29 is 4.39 Å². The molecule has 1 heterocycles. The highest BCUT2D eigenvalue weighted by atomic mass is 19.1. The summed E-state index contributed by atoms with van der Waals surface area (Å²) in [5.74, 6) is 0.637. The lowest BCUT2D eigenvalue weighted by Crippen LogP contribution is -2.29. The van der Waals surface area contributed by atoms with E-state index < -0.39 is 0 Å². The van der Waals surface area contributed by atoms with Crippen LogP contribution >= 0.6 is 0 Å². The Labute approximate surface area is 128 Å². The van der Waals surface area contributed by atoms with Gasteiger partial charge in [-0.05, 0) is 62.0 Å². The van der Waals surface area contributed by atoms with Crippen LogP contribution in [-0.4, -0.2) is 31.6 Å². The largest absolute Gasteiger partial charge is 0.313 e. The van der Waals surface area contributed by atoms with E-state index >= 15 is 0 Å². The second-order valence-electron chi connectivity index (χ2n) is 7.33. The molecule has 0 amide bonds. The van der Waals surface area contributed by atoms with Gasteiger partial charge in [0.15, 0.2) is 0 Å². The molecule has 0 aliphatic carbocycles. The van der Waals surface area contributed by atoms with Gasteiger partial charge in [-0.1, -0.05) is 32.9 Å². The molecule has 2 unspecified atom stereocenters. The van der Waals surface area contributed by atoms with Crippen LogP contribution in [-0.2, 0) is 0 Å². The molecule has 1 fully saturated rings. The minimum absolute atomic E-state index is 0.166. The molecule has 1 aromatic rings. The first-order chi connectivity index (χ1) is 9.90. The molecule has 3 heteroatoms. The van der Waals surface area contributed by atoms with Gasteiger partial charge in [0.05, 0.1) is 0 Å². The topological polar surface area (TPSA) is 15.3 Å². The summed E-state index contributed by atoms with van der Waals surface area (Å²) in [6.07, 6.45) is 2.38. The summed E-state index contributed by atoms with van der Waals surface area (Å²) in [5, 5.41) is 3.35. The van der Waals surface area contributed by atoms with Crippen LogP contribution in [0.2, 0.25) is 0 Å². The molecule has 21 heavy (non-hydrogen) atoms. The molecule has 1 saturated heterocycles. The highest BCUT2D eigenvalue weighted by Crippen LogP contribution is 2.33. The third kappa shape index (κ3) is 4.52. The average molecular weight is 292 g/mol. The lowest BCUT2D eigenvalue weighted by atomic mass is 9.80. The van der Waals surface area contributed by atoms with Crippen molar-refractivity contribution in [3.63, 3.8) is 0 Å². The van der Waals surface area contributed by atoms with Crippen molar-refractivity contribution in [3.8, 4) is 0 Å². The second kappa shape index (κ2) is 6.89. The molecule has 0 saturated carbocycles. The summed E-state index contributed by atoms with van der Waals surface area (Å²) < 4.78 is 13.0. The van der Waals surface area contributed by atoms with Crippen LogP contribution < -0.4 is 5.32 Å². The minimum Gasteiger partial charge on any atom is -0.313 e. The number of hydrogen-bond acceptors (Lipinski definition) is 2. The standard InChI is InChI=1S/C18H29FN2/c1-18(2,3)15-9-11-21(13-15)12-10-17(20-4)14-5-7-16(19)8-6-14/h5-8,15,17,20H,9-13H2,1-4H3. The second-order valence-corrected chi connectivity index (χ2v) is 7.33. The van der Waals surface area contributed by atoms with Crippen LogP contribution in [0.4, 0.5) is 4.39 Å². The molecular formula is C18H29FN2. The van der Waals surface area contributed by atoms with Crippen molar-refractivity contribution >= 4 is 0 Å². The maximum absolute atomic E-state index is 13.0. The van der Waals surface area contributed by atoms with Crippen molar-refractivity contribution in [1.29, 1.82) is 0 Å². The molecule has 1 aromatic carbocycles. The fraction of sp³-hybridized carbons (Fsp3) is 0.667. The Morgan fingerprint density at radius 1 is 1.29 bits per heavy atom. The lowest BCUT2D eigenvalue weighted by molar-refractivity contribution is 0.225. The number of halogens is 1. The van der Waals surface area contributed by atoms with Gasteiger partial charge in [0.2, 0.25) is 0 Å². The first-order valence-electron chi connectivity index (χ1n) is 8.05. The highest BCUT2D eigenvalue weighted by Gasteiger charge is 2.31. The van der Waals surface area contributed by atoms with E-state index in [-0.39, 0.29) is 5.82 Å². The van der Waals surface area contributed by atoms with Crippen molar-refractivity contribution in [2.45, 2.75) is 39.7 Å². The molecule has 118 valence electrons. The fourth-order valence-corrected chi connectivity index (χ4v) is 3.23. The van der Waals surface area contributed by atoms with Crippen LogP contribution in [0.5, 0.6) is 0 Å². The maximum atomic E-state index is 13.0. The quantitative estimate of drug-likeness (QED) is 0.887. The van der Waals surface area contributed by atoms with Crippen LogP contribution in [0.1, 0.15) is 45.2 Å². The van der Waals surface area contributed by atoms with E-state index in [1.165, 1.54) is 25.1 Å². The number of nitrogens with zero attached hydrogens (tertiary/aromatic N) is 1. The molecule has 0 radical (unpaired) electrons. The zero-order valence-corrected chi connectivity index (χ0v) is 13.8. The van der Waals surface area contributed by atoms with Crippen molar-refractivity contribution in [2.24, 2.45) is 11.3 Å². The Kier molecular flexibility index (Phi) is 5.39. The van der Waals surface area contributed by atoms with E-state index in [2.05, 4.69) is 31.0 Å². The molecule has 0 bridgehead atoms. The van der Waals surface area contributed by atoms with E-state index in [4.69, 9.17) is 0 Å². The van der Waals surface area contributed by atoms with Gasteiger partial charge in [-0.25, -0.2) is 4.39 Å². The van der Waals surface area contributed by atoms with Crippen molar-refractivity contribution in [3.05, 3.63) is 35.6 Å². The third-order valence-corrected chi connectivity index (χ3v) is 4.85. The molecule has 2 nitrogen and oxygen atoms in total. The number of nitrogens with one attached hydrogen (secondary N) is 1. The SMILES string of the molecule is CNC(CCN1CCC(C(C)(C)C)C1)c1ccc(F)cc1. The van der Waals surface area contributed by atoms with Gasteiger partial charge in [0.1, 0.15) is 5.82 Å². The molecule has 1 aliphatic rings. The van der Waals surface area contributed by atoms with Crippen LogP contribution in [0.25, 0.3) is 0 Å². The molecule has 2 atom stereocenters.